The predicted octanol–water partition coefficient (Wildman–Crippen LogP) is 6.20. The lowest BCUT2D eigenvalue weighted by Crippen LogP contribution is -2.35. The van der Waals surface area contributed by atoms with Crippen molar-refractivity contribution >= 4 is 28.1 Å². The van der Waals surface area contributed by atoms with Gasteiger partial charge in [-0.05, 0) is 98.1 Å². The first kappa shape index (κ1) is 25.9. The molecular formula is C31H33N3O3S. The molecule has 1 amide bonds. The van der Waals surface area contributed by atoms with Crippen LogP contribution in [0.2, 0.25) is 0 Å². The molecule has 1 atom stereocenters. The number of benzene rings is 2. The number of thiophene rings is 1. The molecule has 6 nitrogen and oxygen atoms in total. The molecule has 196 valence electrons. The molecule has 1 unspecified atom stereocenters. The van der Waals surface area contributed by atoms with E-state index in [2.05, 4.69) is 52.7 Å². The van der Waals surface area contributed by atoms with E-state index in [1.54, 1.807) is 37.6 Å². The second-order valence-electron chi connectivity index (χ2n) is 10.0. The van der Waals surface area contributed by atoms with Crippen molar-refractivity contribution in [2.75, 3.05) is 20.7 Å². The Morgan fingerprint density at radius 2 is 1.95 bits per heavy atom. The Labute approximate surface area is 227 Å². The van der Waals surface area contributed by atoms with Crippen LogP contribution in [0.3, 0.4) is 0 Å². The maximum atomic E-state index is 13.3. The maximum Gasteiger partial charge on any atom is 0.252 e. The van der Waals surface area contributed by atoms with E-state index in [1.165, 1.54) is 0 Å². The Kier molecular flexibility index (Phi) is 7.23. The van der Waals surface area contributed by atoms with E-state index in [-0.39, 0.29) is 5.91 Å². The number of likely N-dealkylation sites (N-methyl/N-ethyl adjacent to an activating group) is 1. The molecule has 2 aliphatic rings. The Bertz CT molecular complexity index is 1500. The number of aromatic nitrogens is 1. The Morgan fingerprint density at radius 3 is 2.55 bits per heavy atom. The normalized spacial score (nSPS) is 15.8. The van der Waals surface area contributed by atoms with Crippen LogP contribution >= 0.6 is 11.3 Å². The van der Waals surface area contributed by atoms with Gasteiger partial charge < -0.3 is 20.1 Å². The average molecular weight is 528 g/mol. The Balaban J connectivity index is 0.000000529. The molecule has 0 spiro atoms. The van der Waals surface area contributed by atoms with Crippen LogP contribution in [0.5, 0.6) is 5.75 Å². The predicted molar refractivity (Wildman–Crippen MR) is 154 cm³/mol. The summed E-state index contributed by atoms with van der Waals surface area (Å²) in [6.07, 6.45) is 7.22. The minimum Gasteiger partial charge on any atom is -0.497 e. The lowest BCUT2D eigenvalue weighted by molar-refractivity contribution is 0.0930. The van der Waals surface area contributed by atoms with Gasteiger partial charge in [0.1, 0.15) is 5.75 Å². The number of pyridine rings is 1. The second kappa shape index (κ2) is 10.6. The number of nitrogens with one attached hydrogen (secondary N) is 1. The van der Waals surface area contributed by atoms with Crippen molar-refractivity contribution in [2.24, 2.45) is 0 Å². The van der Waals surface area contributed by atoms with Gasteiger partial charge in [0.15, 0.2) is 0 Å². The van der Waals surface area contributed by atoms with Crippen molar-refractivity contribution in [3.8, 4) is 16.2 Å². The van der Waals surface area contributed by atoms with Gasteiger partial charge in [0.2, 0.25) is 0 Å². The van der Waals surface area contributed by atoms with Crippen LogP contribution in [0.25, 0.3) is 21.3 Å². The maximum absolute atomic E-state index is 13.3. The van der Waals surface area contributed by atoms with Crippen LogP contribution in [0.15, 0.2) is 73.1 Å². The summed E-state index contributed by atoms with van der Waals surface area (Å²) in [5.41, 5.74) is 4.15. The zero-order valence-corrected chi connectivity index (χ0v) is 23.0. The Hall–Kier alpha value is -3.68. The molecule has 2 aromatic carbocycles. The zero-order chi connectivity index (χ0) is 26.9. The molecule has 1 fully saturated rings. The molecule has 38 heavy (non-hydrogen) atoms. The van der Waals surface area contributed by atoms with E-state index in [1.807, 2.05) is 37.3 Å². The molecule has 6 rings (SSSR count). The first-order chi connectivity index (χ1) is 18.3. The van der Waals surface area contributed by atoms with E-state index < -0.39 is 11.6 Å². The van der Waals surface area contributed by atoms with Crippen LogP contribution in [0.4, 0.5) is 0 Å². The number of nitrogens with zero attached hydrogens (tertiary/aromatic N) is 2. The number of aliphatic hydroxyl groups is 1. The number of hydrogen-bond donors (Lipinski definition) is 2. The van der Waals surface area contributed by atoms with Crippen molar-refractivity contribution in [3.63, 3.8) is 0 Å². The lowest BCUT2D eigenvalue weighted by atomic mass is 9.95. The van der Waals surface area contributed by atoms with Gasteiger partial charge in [-0.1, -0.05) is 12.1 Å². The third-order valence-corrected chi connectivity index (χ3v) is 8.41. The van der Waals surface area contributed by atoms with Crippen molar-refractivity contribution < 1.29 is 14.6 Å². The minimum atomic E-state index is -0.498. The summed E-state index contributed by atoms with van der Waals surface area (Å²) in [5, 5.41) is 14.3. The molecule has 7 heteroatoms. The molecule has 0 saturated heterocycles. The number of carbonyl (C=O) groups is 1. The zero-order valence-electron chi connectivity index (χ0n) is 22.2. The number of amides is 1. The largest absolute Gasteiger partial charge is 0.497 e. The molecule has 2 aromatic heterocycles. The summed E-state index contributed by atoms with van der Waals surface area (Å²) in [4.78, 5) is 22.1. The number of carbonyl (C=O) groups excluding carboxylic acids is 1. The smallest absolute Gasteiger partial charge is 0.252 e. The quantitative estimate of drug-likeness (QED) is 0.312. The van der Waals surface area contributed by atoms with Crippen molar-refractivity contribution in [1.29, 1.82) is 0 Å². The number of rotatable bonds is 6. The van der Waals surface area contributed by atoms with Crippen LogP contribution in [-0.4, -0.2) is 41.6 Å². The molecule has 3 heterocycles. The highest BCUT2D eigenvalue weighted by Gasteiger charge is 2.47. The van der Waals surface area contributed by atoms with Crippen molar-refractivity contribution in [3.05, 3.63) is 94.6 Å². The van der Waals surface area contributed by atoms with E-state index in [0.717, 1.165) is 56.7 Å². The number of ether oxygens (including phenoxy) is 1. The summed E-state index contributed by atoms with van der Waals surface area (Å²) in [7, 11) is 3.66. The molecular weight excluding hydrogens is 494 g/mol. The van der Waals surface area contributed by atoms with Crippen LogP contribution in [0.1, 0.15) is 52.2 Å². The number of fused-ring (bicyclic) bond motifs is 1. The molecule has 0 radical (unpaired) electrons. The molecule has 1 aliphatic heterocycles. The van der Waals surface area contributed by atoms with Crippen molar-refractivity contribution in [2.45, 2.75) is 38.3 Å². The summed E-state index contributed by atoms with van der Waals surface area (Å²) in [5.74, 6) is 0.567. The average Bonchev–Trinajstić information content (AvgIpc) is 3.50. The first-order valence-electron chi connectivity index (χ1n) is 12.8. The fourth-order valence-electron chi connectivity index (χ4n) is 4.61. The summed E-state index contributed by atoms with van der Waals surface area (Å²) >= 11 is 1.58. The fraction of sp³-hybridized carbons (Fsp3) is 0.290. The SMILES string of the molecule is CN1C=CC1.COc1ccc(C)c(C(=O)NC2(c3cc(-c4ccc(C(C)O)s4)cc4ncccc34)CC2)c1. The first-order valence-corrected chi connectivity index (χ1v) is 13.6. The highest BCUT2D eigenvalue weighted by Crippen LogP contribution is 2.49. The van der Waals surface area contributed by atoms with Crippen molar-refractivity contribution in [1.82, 2.24) is 15.2 Å². The summed E-state index contributed by atoms with van der Waals surface area (Å²) in [6, 6.07) is 17.8. The topological polar surface area (TPSA) is 74.7 Å². The van der Waals surface area contributed by atoms with Gasteiger partial charge in [0.05, 0.1) is 24.3 Å². The van der Waals surface area contributed by atoms with E-state index in [0.29, 0.717) is 11.3 Å². The molecule has 0 bridgehead atoms. The molecule has 4 aromatic rings. The molecule has 1 aliphatic carbocycles. The number of methoxy groups -OCH3 is 1. The van der Waals surface area contributed by atoms with Gasteiger partial charge >= 0.3 is 0 Å². The Morgan fingerprint density at radius 1 is 1.18 bits per heavy atom. The van der Waals surface area contributed by atoms with E-state index in [9.17, 15) is 9.90 Å². The second-order valence-corrected chi connectivity index (χ2v) is 11.1. The van der Waals surface area contributed by atoms with E-state index in [4.69, 9.17) is 4.74 Å². The lowest BCUT2D eigenvalue weighted by Gasteiger charge is -2.22. The summed E-state index contributed by atoms with van der Waals surface area (Å²) < 4.78 is 5.33. The van der Waals surface area contributed by atoms with Gasteiger partial charge in [-0.25, -0.2) is 0 Å². The number of aryl methyl sites for hydroxylation is 1. The van der Waals surface area contributed by atoms with Gasteiger partial charge in [-0.15, -0.1) is 11.3 Å². The van der Waals surface area contributed by atoms with Crippen LogP contribution in [-0.2, 0) is 5.54 Å². The minimum absolute atomic E-state index is 0.0983. The van der Waals surface area contributed by atoms with Gasteiger partial charge in [-0.2, -0.15) is 0 Å². The number of hydrogen-bond acceptors (Lipinski definition) is 6. The number of aliphatic hydroxyl groups excluding tert-OH is 1. The standard InChI is InChI=1S/C27H26N2O3S.C4H7N/c1-16-6-7-19(32-3)15-21(16)26(31)29-27(10-11-27)22-13-18(14-23-20(22)5-4-12-28-23)25-9-8-24(33-25)17(2)30;1-5-3-2-4-5/h4-9,12-15,17,30H,10-11H2,1-3H3,(H,29,31);2-3H,4H2,1H3. The van der Waals surface area contributed by atoms with E-state index >= 15 is 0 Å². The van der Waals surface area contributed by atoms with Gasteiger partial charge in [0.25, 0.3) is 5.91 Å². The van der Waals surface area contributed by atoms with Crippen LogP contribution < -0.4 is 10.1 Å². The third-order valence-electron chi connectivity index (χ3n) is 7.10. The highest BCUT2D eigenvalue weighted by atomic mass is 32.1. The fourth-order valence-corrected chi connectivity index (χ4v) is 5.55. The summed E-state index contributed by atoms with van der Waals surface area (Å²) in [6.45, 7) is 4.85. The van der Waals surface area contributed by atoms with Gasteiger partial charge in [0, 0.05) is 40.5 Å². The molecule has 2 N–H and O–H groups in total. The van der Waals surface area contributed by atoms with Gasteiger partial charge in [-0.3, -0.25) is 9.78 Å². The molecule has 1 saturated carbocycles. The van der Waals surface area contributed by atoms with Crippen LogP contribution in [0, 0.1) is 6.92 Å². The third kappa shape index (κ3) is 5.30. The highest BCUT2D eigenvalue weighted by molar-refractivity contribution is 7.15. The monoisotopic (exact) mass is 527 g/mol.